The zero-order valence-electron chi connectivity index (χ0n) is 11.7. The Morgan fingerprint density at radius 3 is 2.79 bits per heavy atom. The molecule has 2 atom stereocenters. The second-order valence-corrected chi connectivity index (χ2v) is 7.60. The molecule has 0 saturated heterocycles. The summed E-state index contributed by atoms with van der Waals surface area (Å²) in [6.07, 6.45) is 7.46. The monoisotopic (exact) mass is 281 g/mol. The minimum atomic E-state index is -3.12. The zero-order valence-corrected chi connectivity index (χ0v) is 12.5. The molecule has 0 aromatic heterocycles. The van der Waals surface area contributed by atoms with E-state index in [9.17, 15) is 8.42 Å². The summed E-state index contributed by atoms with van der Waals surface area (Å²) < 4.78 is 23.1. The third-order valence-corrected chi connectivity index (χ3v) is 5.10. The largest absolute Gasteiger partial charge is 0.382 e. The van der Waals surface area contributed by atoms with Crippen LogP contribution in [0.1, 0.15) is 39.0 Å². The topological polar surface area (TPSA) is 46.2 Å². The first kappa shape index (κ1) is 14.4. The summed E-state index contributed by atoms with van der Waals surface area (Å²) in [5, 5.41) is 3.49. The SMILES string of the molecule is CCC1CCCC(Nc2cccc(S(C)(=O)=O)c2)C1. The highest BCUT2D eigenvalue weighted by Crippen LogP contribution is 2.29. The summed E-state index contributed by atoms with van der Waals surface area (Å²) in [7, 11) is -3.12. The van der Waals surface area contributed by atoms with Crippen LogP contribution in [0.2, 0.25) is 0 Å². The highest BCUT2D eigenvalue weighted by atomic mass is 32.2. The van der Waals surface area contributed by atoms with E-state index in [2.05, 4.69) is 12.2 Å². The van der Waals surface area contributed by atoms with Crippen molar-refractivity contribution in [1.82, 2.24) is 0 Å². The first-order valence-electron chi connectivity index (χ1n) is 7.05. The summed E-state index contributed by atoms with van der Waals surface area (Å²) in [5.41, 5.74) is 0.921. The van der Waals surface area contributed by atoms with Gasteiger partial charge >= 0.3 is 0 Å². The maximum atomic E-state index is 11.5. The highest BCUT2D eigenvalue weighted by Gasteiger charge is 2.20. The molecule has 3 nitrogen and oxygen atoms in total. The van der Waals surface area contributed by atoms with E-state index in [0.717, 1.165) is 11.6 Å². The Labute approximate surface area is 116 Å². The molecule has 1 fully saturated rings. The minimum Gasteiger partial charge on any atom is -0.382 e. The lowest BCUT2D eigenvalue weighted by atomic mass is 9.84. The number of sulfone groups is 1. The van der Waals surface area contributed by atoms with Crippen molar-refractivity contribution in [3.05, 3.63) is 24.3 Å². The van der Waals surface area contributed by atoms with Gasteiger partial charge in [-0.1, -0.05) is 32.3 Å². The first-order chi connectivity index (χ1) is 8.99. The summed E-state index contributed by atoms with van der Waals surface area (Å²) >= 11 is 0. The van der Waals surface area contributed by atoms with E-state index in [1.165, 1.54) is 38.4 Å². The van der Waals surface area contributed by atoms with Crippen molar-refractivity contribution in [1.29, 1.82) is 0 Å². The maximum Gasteiger partial charge on any atom is 0.175 e. The van der Waals surface area contributed by atoms with E-state index >= 15 is 0 Å². The molecule has 1 aromatic rings. The van der Waals surface area contributed by atoms with Gasteiger partial charge in [0.2, 0.25) is 0 Å². The minimum absolute atomic E-state index is 0.389. The van der Waals surface area contributed by atoms with Crippen LogP contribution in [0.25, 0.3) is 0 Å². The van der Waals surface area contributed by atoms with E-state index in [1.807, 2.05) is 6.07 Å². The van der Waals surface area contributed by atoms with Gasteiger partial charge in [0.1, 0.15) is 0 Å². The lowest BCUT2D eigenvalue weighted by Gasteiger charge is -2.29. The molecular formula is C15H23NO2S. The van der Waals surface area contributed by atoms with Crippen LogP contribution in [0.15, 0.2) is 29.2 Å². The fourth-order valence-corrected chi connectivity index (χ4v) is 3.51. The van der Waals surface area contributed by atoms with E-state index < -0.39 is 9.84 Å². The Morgan fingerprint density at radius 2 is 2.11 bits per heavy atom. The van der Waals surface area contributed by atoms with Gasteiger partial charge in [-0.15, -0.1) is 0 Å². The predicted octanol–water partition coefficient (Wildman–Crippen LogP) is 3.47. The van der Waals surface area contributed by atoms with Crippen LogP contribution in [-0.4, -0.2) is 20.7 Å². The molecule has 0 heterocycles. The lowest BCUT2D eigenvalue weighted by molar-refractivity contribution is 0.327. The van der Waals surface area contributed by atoms with Gasteiger partial charge in [0.15, 0.2) is 9.84 Å². The lowest BCUT2D eigenvalue weighted by Crippen LogP contribution is -2.27. The van der Waals surface area contributed by atoms with Crippen LogP contribution in [0.5, 0.6) is 0 Å². The Kier molecular flexibility index (Phi) is 4.50. The fourth-order valence-electron chi connectivity index (χ4n) is 2.85. The molecule has 2 rings (SSSR count). The number of nitrogens with one attached hydrogen (secondary N) is 1. The van der Waals surface area contributed by atoms with Gasteiger partial charge in [-0.05, 0) is 37.0 Å². The molecule has 0 amide bonds. The van der Waals surface area contributed by atoms with Crippen molar-refractivity contribution in [2.75, 3.05) is 11.6 Å². The van der Waals surface area contributed by atoms with Crippen molar-refractivity contribution in [2.45, 2.75) is 50.0 Å². The van der Waals surface area contributed by atoms with E-state index in [-0.39, 0.29) is 0 Å². The van der Waals surface area contributed by atoms with Crippen LogP contribution in [0, 0.1) is 5.92 Å². The zero-order chi connectivity index (χ0) is 13.9. The third kappa shape index (κ3) is 3.96. The molecule has 2 unspecified atom stereocenters. The van der Waals surface area contributed by atoms with Crippen LogP contribution in [0.4, 0.5) is 5.69 Å². The highest BCUT2D eigenvalue weighted by molar-refractivity contribution is 7.90. The molecule has 1 aliphatic carbocycles. The van der Waals surface area contributed by atoms with Gasteiger partial charge in [-0.3, -0.25) is 0 Å². The molecule has 106 valence electrons. The normalized spacial score (nSPS) is 24.1. The fraction of sp³-hybridized carbons (Fsp3) is 0.600. The maximum absolute atomic E-state index is 11.5. The van der Waals surface area contributed by atoms with Crippen LogP contribution in [-0.2, 0) is 9.84 Å². The Balaban J connectivity index is 2.07. The second kappa shape index (κ2) is 5.95. The van der Waals surface area contributed by atoms with Gasteiger partial charge in [-0.25, -0.2) is 8.42 Å². The first-order valence-corrected chi connectivity index (χ1v) is 8.95. The molecule has 1 saturated carbocycles. The van der Waals surface area contributed by atoms with Gasteiger partial charge in [0.25, 0.3) is 0 Å². The number of hydrogen-bond acceptors (Lipinski definition) is 3. The molecule has 19 heavy (non-hydrogen) atoms. The quantitative estimate of drug-likeness (QED) is 0.919. The van der Waals surface area contributed by atoms with Gasteiger partial charge in [0, 0.05) is 18.0 Å². The molecular weight excluding hydrogens is 258 g/mol. The second-order valence-electron chi connectivity index (χ2n) is 5.58. The predicted molar refractivity (Wildman–Crippen MR) is 79.2 cm³/mol. The molecule has 1 aromatic carbocycles. The molecule has 1 N–H and O–H groups in total. The molecule has 1 aliphatic rings. The van der Waals surface area contributed by atoms with Crippen LogP contribution in [0.3, 0.4) is 0 Å². The number of rotatable bonds is 4. The Morgan fingerprint density at radius 1 is 1.32 bits per heavy atom. The Hall–Kier alpha value is -1.03. The standard InChI is InChI=1S/C15H23NO2S/c1-3-12-6-4-7-13(10-12)16-14-8-5-9-15(11-14)19(2,17)18/h5,8-9,11-13,16H,3-4,6-7,10H2,1-2H3. The molecule has 0 radical (unpaired) electrons. The summed E-state index contributed by atoms with van der Waals surface area (Å²) in [6.45, 7) is 2.25. The van der Waals surface area contributed by atoms with Gasteiger partial charge < -0.3 is 5.32 Å². The smallest absolute Gasteiger partial charge is 0.175 e. The number of anilines is 1. The summed E-state index contributed by atoms with van der Waals surface area (Å²) in [6, 6.07) is 7.62. The summed E-state index contributed by atoms with van der Waals surface area (Å²) in [4.78, 5) is 0.389. The van der Waals surface area contributed by atoms with E-state index in [4.69, 9.17) is 0 Å². The van der Waals surface area contributed by atoms with Gasteiger partial charge in [0.05, 0.1) is 4.90 Å². The van der Waals surface area contributed by atoms with Crippen molar-refractivity contribution in [3.63, 3.8) is 0 Å². The number of hydrogen-bond donors (Lipinski definition) is 1. The summed E-state index contributed by atoms with van der Waals surface area (Å²) in [5.74, 6) is 0.810. The van der Waals surface area contributed by atoms with Crippen LogP contribution >= 0.6 is 0 Å². The van der Waals surface area contributed by atoms with Crippen LogP contribution < -0.4 is 5.32 Å². The molecule has 4 heteroatoms. The molecule has 0 bridgehead atoms. The Bertz CT molecular complexity index is 525. The molecule has 0 spiro atoms. The van der Waals surface area contributed by atoms with Crippen molar-refractivity contribution >= 4 is 15.5 Å². The number of benzene rings is 1. The van der Waals surface area contributed by atoms with Crippen molar-refractivity contribution in [3.8, 4) is 0 Å². The average Bonchev–Trinajstić information content (AvgIpc) is 2.38. The van der Waals surface area contributed by atoms with Gasteiger partial charge in [-0.2, -0.15) is 0 Å². The van der Waals surface area contributed by atoms with E-state index in [0.29, 0.717) is 10.9 Å². The average molecular weight is 281 g/mol. The third-order valence-electron chi connectivity index (χ3n) is 3.99. The van der Waals surface area contributed by atoms with Crippen molar-refractivity contribution in [2.24, 2.45) is 5.92 Å². The molecule has 0 aliphatic heterocycles. The van der Waals surface area contributed by atoms with E-state index in [1.54, 1.807) is 18.2 Å². The van der Waals surface area contributed by atoms with Crippen molar-refractivity contribution < 1.29 is 8.42 Å².